The van der Waals surface area contributed by atoms with Gasteiger partial charge in [0.2, 0.25) is 0 Å². The fourth-order valence-corrected chi connectivity index (χ4v) is 1.90. The van der Waals surface area contributed by atoms with Gasteiger partial charge in [0.1, 0.15) is 0 Å². The maximum Gasteiger partial charge on any atom is 0.0653 e. The molecule has 0 spiro atoms. The monoisotopic (exact) mass is 176 g/mol. The van der Waals surface area contributed by atoms with Crippen LogP contribution >= 0.6 is 0 Å². The first kappa shape index (κ1) is 8.57. The molecule has 0 bridgehead atoms. The summed E-state index contributed by atoms with van der Waals surface area (Å²) in [5.74, 6) is 0. The second-order valence-corrected chi connectivity index (χ2v) is 3.69. The molecule has 0 aliphatic heterocycles. The molecule has 2 N–H and O–H groups in total. The average molecular weight is 176 g/mol. The van der Waals surface area contributed by atoms with Crippen LogP contribution in [0.2, 0.25) is 0 Å². The van der Waals surface area contributed by atoms with Crippen molar-refractivity contribution in [2.75, 3.05) is 18.6 Å². The summed E-state index contributed by atoms with van der Waals surface area (Å²) >= 11 is 0. The third kappa shape index (κ3) is 1.54. The Bertz CT molecular complexity index is 307. The van der Waals surface area contributed by atoms with Crippen LogP contribution in [0.25, 0.3) is 0 Å². The van der Waals surface area contributed by atoms with Gasteiger partial charge in [0, 0.05) is 12.7 Å². The van der Waals surface area contributed by atoms with E-state index in [2.05, 4.69) is 23.1 Å². The van der Waals surface area contributed by atoms with Crippen LogP contribution in [0, 0.1) is 0 Å². The molecular formula is C11H16N2. The summed E-state index contributed by atoms with van der Waals surface area (Å²) in [7, 11) is 2.02. The molecule has 1 aromatic rings. The molecule has 0 fully saturated rings. The van der Waals surface area contributed by atoms with Gasteiger partial charge in [-0.2, -0.15) is 0 Å². The highest BCUT2D eigenvalue weighted by atomic mass is 15.1. The molecule has 0 aromatic heterocycles. The minimum atomic E-state index is 0.582. The van der Waals surface area contributed by atoms with Crippen LogP contribution in [0.1, 0.15) is 17.5 Å². The lowest BCUT2D eigenvalue weighted by atomic mass is 10.1. The second kappa shape index (κ2) is 3.38. The summed E-state index contributed by atoms with van der Waals surface area (Å²) < 4.78 is 0. The fraction of sp³-hybridized carbons (Fsp3) is 0.455. The third-order valence-corrected chi connectivity index (χ3v) is 2.80. The zero-order chi connectivity index (χ0) is 9.26. The maximum atomic E-state index is 5.58. The van der Waals surface area contributed by atoms with Gasteiger partial charge in [0.05, 0.1) is 6.67 Å². The van der Waals surface area contributed by atoms with Crippen LogP contribution in [0.3, 0.4) is 0 Å². The van der Waals surface area contributed by atoms with Crippen molar-refractivity contribution in [3.05, 3.63) is 29.3 Å². The molecule has 70 valence electrons. The van der Waals surface area contributed by atoms with Crippen molar-refractivity contribution in [1.82, 2.24) is 0 Å². The fourth-order valence-electron chi connectivity index (χ4n) is 1.90. The number of nitrogens with zero attached hydrogens (tertiary/aromatic N) is 1. The molecule has 0 saturated heterocycles. The van der Waals surface area contributed by atoms with Gasteiger partial charge in [-0.3, -0.25) is 0 Å². The molecule has 1 aliphatic carbocycles. The van der Waals surface area contributed by atoms with Crippen molar-refractivity contribution in [1.29, 1.82) is 0 Å². The molecule has 2 nitrogen and oxygen atoms in total. The van der Waals surface area contributed by atoms with Gasteiger partial charge in [-0.05, 0) is 42.5 Å². The molecule has 0 amide bonds. The number of aryl methyl sites for hydroxylation is 2. The molecule has 13 heavy (non-hydrogen) atoms. The normalized spacial score (nSPS) is 14.3. The van der Waals surface area contributed by atoms with Gasteiger partial charge in [-0.25, -0.2) is 0 Å². The average Bonchev–Trinajstić information content (AvgIpc) is 2.63. The van der Waals surface area contributed by atoms with E-state index in [4.69, 9.17) is 5.73 Å². The van der Waals surface area contributed by atoms with Crippen LogP contribution < -0.4 is 10.6 Å². The summed E-state index contributed by atoms with van der Waals surface area (Å²) in [6.45, 7) is 0.582. The first-order chi connectivity index (χ1) is 6.31. The molecule has 0 heterocycles. The minimum Gasteiger partial charge on any atom is -0.362 e. The van der Waals surface area contributed by atoms with Crippen LogP contribution in [-0.4, -0.2) is 13.7 Å². The van der Waals surface area contributed by atoms with Gasteiger partial charge in [-0.1, -0.05) is 6.07 Å². The van der Waals surface area contributed by atoms with Gasteiger partial charge >= 0.3 is 0 Å². The Hall–Kier alpha value is -1.02. The quantitative estimate of drug-likeness (QED) is 0.692. The van der Waals surface area contributed by atoms with Crippen LogP contribution in [0.5, 0.6) is 0 Å². The predicted octanol–water partition coefficient (Wildman–Crippen LogP) is 1.53. The van der Waals surface area contributed by atoms with E-state index in [1.54, 1.807) is 0 Å². The summed E-state index contributed by atoms with van der Waals surface area (Å²) in [5, 5.41) is 0. The summed E-state index contributed by atoms with van der Waals surface area (Å²) in [4.78, 5) is 2.07. The number of benzene rings is 1. The molecule has 0 radical (unpaired) electrons. The lowest BCUT2D eigenvalue weighted by Gasteiger charge is -2.17. The highest BCUT2D eigenvalue weighted by Crippen LogP contribution is 2.25. The third-order valence-electron chi connectivity index (χ3n) is 2.80. The SMILES string of the molecule is CN(CN)c1ccc2c(c1)CCC2. The Kier molecular flexibility index (Phi) is 2.23. The van der Waals surface area contributed by atoms with Gasteiger partial charge in [-0.15, -0.1) is 0 Å². The van der Waals surface area contributed by atoms with Crippen molar-refractivity contribution in [2.24, 2.45) is 5.73 Å². The van der Waals surface area contributed by atoms with Crippen molar-refractivity contribution in [3.8, 4) is 0 Å². The number of anilines is 1. The summed E-state index contributed by atoms with van der Waals surface area (Å²) in [5.41, 5.74) is 9.85. The van der Waals surface area contributed by atoms with Crippen molar-refractivity contribution in [3.63, 3.8) is 0 Å². The highest BCUT2D eigenvalue weighted by molar-refractivity contribution is 5.51. The Labute approximate surface area is 79.4 Å². The molecule has 0 unspecified atom stereocenters. The first-order valence-electron chi connectivity index (χ1n) is 4.84. The van der Waals surface area contributed by atoms with Crippen molar-refractivity contribution in [2.45, 2.75) is 19.3 Å². The maximum absolute atomic E-state index is 5.58. The summed E-state index contributed by atoms with van der Waals surface area (Å²) in [6.07, 6.45) is 3.80. The lowest BCUT2D eigenvalue weighted by molar-refractivity contribution is 0.910. The smallest absolute Gasteiger partial charge is 0.0653 e. The van der Waals surface area contributed by atoms with Gasteiger partial charge in [0.15, 0.2) is 0 Å². The van der Waals surface area contributed by atoms with E-state index in [9.17, 15) is 0 Å². The van der Waals surface area contributed by atoms with E-state index in [1.165, 1.54) is 36.1 Å². The van der Waals surface area contributed by atoms with Crippen LogP contribution in [0.15, 0.2) is 18.2 Å². The van der Waals surface area contributed by atoms with Crippen molar-refractivity contribution >= 4 is 5.69 Å². The van der Waals surface area contributed by atoms with Gasteiger partial charge < -0.3 is 10.6 Å². The lowest BCUT2D eigenvalue weighted by Crippen LogP contribution is -2.24. The molecule has 1 aromatic carbocycles. The minimum absolute atomic E-state index is 0.582. The van der Waals surface area contributed by atoms with E-state index in [0.29, 0.717) is 6.67 Å². The number of fused-ring (bicyclic) bond motifs is 1. The molecule has 2 heteroatoms. The topological polar surface area (TPSA) is 29.3 Å². The second-order valence-electron chi connectivity index (χ2n) is 3.69. The van der Waals surface area contributed by atoms with E-state index in [1.807, 2.05) is 7.05 Å². The largest absolute Gasteiger partial charge is 0.362 e. The number of hydrogen-bond acceptors (Lipinski definition) is 2. The molecule has 0 atom stereocenters. The Morgan fingerprint density at radius 2 is 2.08 bits per heavy atom. The molecular weight excluding hydrogens is 160 g/mol. The zero-order valence-electron chi connectivity index (χ0n) is 8.09. The number of hydrogen-bond donors (Lipinski definition) is 1. The molecule has 2 rings (SSSR count). The van der Waals surface area contributed by atoms with E-state index in [-0.39, 0.29) is 0 Å². The van der Waals surface area contributed by atoms with E-state index in [0.717, 1.165) is 0 Å². The Morgan fingerprint density at radius 3 is 2.85 bits per heavy atom. The molecule has 0 saturated carbocycles. The summed E-state index contributed by atoms with van der Waals surface area (Å²) in [6, 6.07) is 6.68. The standard InChI is InChI=1S/C11H16N2/c1-13(8-12)11-6-5-9-3-2-4-10(9)7-11/h5-7H,2-4,8,12H2,1H3. The number of nitrogens with two attached hydrogens (primary N) is 1. The van der Waals surface area contributed by atoms with E-state index >= 15 is 0 Å². The van der Waals surface area contributed by atoms with E-state index < -0.39 is 0 Å². The number of rotatable bonds is 2. The van der Waals surface area contributed by atoms with Crippen LogP contribution in [0.4, 0.5) is 5.69 Å². The zero-order valence-corrected chi connectivity index (χ0v) is 8.09. The first-order valence-corrected chi connectivity index (χ1v) is 4.84. The molecule has 1 aliphatic rings. The van der Waals surface area contributed by atoms with Gasteiger partial charge in [0.25, 0.3) is 0 Å². The Morgan fingerprint density at radius 1 is 1.31 bits per heavy atom. The predicted molar refractivity (Wildman–Crippen MR) is 55.9 cm³/mol. The van der Waals surface area contributed by atoms with Crippen molar-refractivity contribution < 1.29 is 0 Å². The van der Waals surface area contributed by atoms with Crippen LogP contribution in [-0.2, 0) is 12.8 Å². The highest BCUT2D eigenvalue weighted by Gasteiger charge is 2.11. The Balaban J connectivity index is 2.30.